The Balaban J connectivity index is 1.49. The number of fused-ring (bicyclic) bond motifs is 3. The standard InChI is InChI=1S/C18H23ClN4O2/c1-2-3-4-5-15(24)25-14-8-11-6-12(14)13(7-11)23-10-22-16-17(19)20-9-21-18(16)23/h9-14H,2-8H2,1H3/t11-,12+,13+,14-/m0/s1. The van der Waals surface area contributed by atoms with Crippen LogP contribution in [0.15, 0.2) is 12.7 Å². The Morgan fingerprint density at radius 2 is 2.16 bits per heavy atom. The Labute approximate surface area is 152 Å². The molecule has 0 saturated heterocycles. The predicted octanol–water partition coefficient (Wildman–Crippen LogP) is 3.94. The molecule has 134 valence electrons. The van der Waals surface area contributed by atoms with E-state index in [-0.39, 0.29) is 18.1 Å². The second-order valence-corrected chi connectivity index (χ2v) is 7.64. The fraction of sp³-hybridized carbons (Fsp3) is 0.667. The van der Waals surface area contributed by atoms with Crippen molar-refractivity contribution >= 4 is 28.7 Å². The molecule has 0 aliphatic heterocycles. The van der Waals surface area contributed by atoms with Crippen LogP contribution in [0, 0.1) is 11.8 Å². The summed E-state index contributed by atoms with van der Waals surface area (Å²) < 4.78 is 7.93. The third-order valence-electron chi connectivity index (χ3n) is 5.66. The Morgan fingerprint density at radius 1 is 1.28 bits per heavy atom. The molecule has 6 nitrogen and oxygen atoms in total. The number of hydrogen-bond donors (Lipinski definition) is 0. The molecular formula is C18H23ClN4O2. The minimum absolute atomic E-state index is 0.0210. The normalized spacial score (nSPS) is 27.9. The highest BCUT2D eigenvalue weighted by Crippen LogP contribution is 2.52. The highest BCUT2D eigenvalue weighted by Gasteiger charge is 2.49. The van der Waals surface area contributed by atoms with Crippen LogP contribution >= 0.6 is 11.6 Å². The third-order valence-corrected chi connectivity index (χ3v) is 5.93. The molecule has 0 spiro atoms. The summed E-state index contributed by atoms with van der Waals surface area (Å²) in [5.74, 6) is 0.898. The number of carbonyl (C=O) groups is 1. The molecule has 4 atom stereocenters. The molecule has 0 amide bonds. The van der Waals surface area contributed by atoms with E-state index in [1.165, 1.54) is 6.33 Å². The number of esters is 1. The summed E-state index contributed by atoms with van der Waals surface area (Å²) in [4.78, 5) is 24.9. The number of nitrogens with zero attached hydrogens (tertiary/aromatic N) is 4. The van der Waals surface area contributed by atoms with Crippen LogP contribution in [0.2, 0.25) is 5.15 Å². The second-order valence-electron chi connectivity index (χ2n) is 7.28. The van der Waals surface area contributed by atoms with E-state index >= 15 is 0 Å². The van der Waals surface area contributed by atoms with E-state index in [4.69, 9.17) is 16.3 Å². The number of aromatic nitrogens is 4. The number of unbranched alkanes of at least 4 members (excludes halogenated alkanes) is 2. The molecular weight excluding hydrogens is 340 g/mol. The maximum atomic E-state index is 12.1. The number of rotatable bonds is 6. The van der Waals surface area contributed by atoms with Crippen LogP contribution in [0.25, 0.3) is 11.2 Å². The molecule has 2 heterocycles. The van der Waals surface area contributed by atoms with Crippen molar-refractivity contribution in [3.63, 3.8) is 0 Å². The Bertz CT molecular complexity index is 778. The lowest BCUT2D eigenvalue weighted by molar-refractivity contribution is -0.152. The van der Waals surface area contributed by atoms with Crippen LogP contribution in [0.4, 0.5) is 0 Å². The average Bonchev–Trinajstić information content (AvgIpc) is 3.28. The van der Waals surface area contributed by atoms with E-state index in [1.807, 2.05) is 0 Å². The van der Waals surface area contributed by atoms with E-state index in [2.05, 4.69) is 26.4 Å². The van der Waals surface area contributed by atoms with Gasteiger partial charge in [0.15, 0.2) is 10.8 Å². The lowest BCUT2D eigenvalue weighted by Gasteiger charge is -2.30. The minimum atomic E-state index is -0.0504. The first-order valence-electron chi connectivity index (χ1n) is 9.20. The lowest BCUT2D eigenvalue weighted by atomic mass is 9.92. The first kappa shape index (κ1) is 16.8. The monoisotopic (exact) mass is 362 g/mol. The van der Waals surface area contributed by atoms with Gasteiger partial charge < -0.3 is 9.30 Å². The van der Waals surface area contributed by atoms with Crippen LogP contribution in [0.3, 0.4) is 0 Å². The zero-order valence-electron chi connectivity index (χ0n) is 14.4. The predicted molar refractivity (Wildman–Crippen MR) is 94.2 cm³/mol. The van der Waals surface area contributed by atoms with Gasteiger partial charge in [-0.15, -0.1) is 0 Å². The number of halogens is 1. The van der Waals surface area contributed by atoms with Crippen LogP contribution in [0.5, 0.6) is 0 Å². The molecule has 2 aliphatic carbocycles. The summed E-state index contributed by atoms with van der Waals surface area (Å²) in [7, 11) is 0. The lowest BCUT2D eigenvalue weighted by Crippen LogP contribution is -2.31. The van der Waals surface area contributed by atoms with Crippen LogP contribution < -0.4 is 0 Å². The van der Waals surface area contributed by atoms with Crippen molar-refractivity contribution in [2.24, 2.45) is 11.8 Å². The van der Waals surface area contributed by atoms with E-state index in [9.17, 15) is 4.79 Å². The fourth-order valence-electron chi connectivity index (χ4n) is 4.52. The number of carbonyl (C=O) groups excluding carboxylic acids is 1. The van der Waals surface area contributed by atoms with Crippen molar-refractivity contribution in [1.29, 1.82) is 0 Å². The Hall–Kier alpha value is -1.69. The SMILES string of the molecule is CCCCCC(=O)O[C@H]1C[C@H]2C[C@@H]1[C@H](n1cnc3c(Cl)ncnc31)C2. The summed E-state index contributed by atoms with van der Waals surface area (Å²) >= 11 is 6.12. The van der Waals surface area contributed by atoms with Gasteiger partial charge in [0.05, 0.1) is 6.33 Å². The maximum absolute atomic E-state index is 12.1. The quantitative estimate of drug-likeness (QED) is 0.442. The van der Waals surface area contributed by atoms with Crippen molar-refractivity contribution in [1.82, 2.24) is 19.5 Å². The molecule has 2 aromatic heterocycles. The molecule has 0 radical (unpaired) electrons. The van der Waals surface area contributed by atoms with E-state index in [0.717, 1.165) is 44.2 Å². The van der Waals surface area contributed by atoms with E-state index in [0.29, 0.717) is 28.9 Å². The van der Waals surface area contributed by atoms with E-state index < -0.39 is 0 Å². The summed E-state index contributed by atoms with van der Waals surface area (Å²) in [6, 6.07) is 0.267. The smallest absolute Gasteiger partial charge is 0.306 e. The molecule has 0 N–H and O–H groups in total. The summed E-state index contributed by atoms with van der Waals surface area (Å²) in [6.07, 6.45) is 10.1. The van der Waals surface area contributed by atoms with Gasteiger partial charge in [-0.2, -0.15) is 0 Å². The Morgan fingerprint density at radius 3 is 2.96 bits per heavy atom. The van der Waals surface area contributed by atoms with E-state index in [1.54, 1.807) is 6.33 Å². The molecule has 2 aliphatic rings. The van der Waals surface area contributed by atoms with Crippen LogP contribution in [0.1, 0.15) is 57.9 Å². The largest absolute Gasteiger partial charge is 0.462 e. The Kier molecular flexibility index (Phi) is 4.63. The van der Waals surface area contributed by atoms with Gasteiger partial charge in [0.1, 0.15) is 17.9 Å². The zero-order valence-corrected chi connectivity index (χ0v) is 15.2. The number of hydrogen-bond acceptors (Lipinski definition) is 5. The van der Waals surface area contributed by atoms with Gasteiger partial charge in [0.25, 0.3) is 0 Å². The van der Waals surface area contributed by atoms with Crippen LogP contribution in [-0.4, -0.2) is 31.6 Å². The minimum Gasteiger partial charge on any atom is -0.462 e. The topological polar surface area (TPSA) is 69.9 Å². The molecule has 25 heavy (non-hydrogen) atoms. The van der Waals surface area contributed by atoms with Crippen molar-refractivity contribution in [2.75, 3.05) is 0 Å². The third kappa shape index (κ3) is 3.12. The summed E-state index contributed by atoms with van der Waals surface area (Å²) in [5, 5.41) is 0.380. The van der Waals surface area contributed by atoms with Crippen molar-refractivity contribution in [3.8, 4) is 0 Å². The van der Waals surface area contributed by atoms with Crippen molar-refractivity contribution in [3.05, 3.63) is 17.8 Å². The van der Waals surface area contributed by atoms with Crippen LogP contribution in [-0.2, 0) is 9.53 Å². The molecule has 0 unspecified atom stereocenters. The van der Waals surface area contributed by atoms with Gasteiger partial charge >= 0.3 is 5.97 Å². The molecule has 2 bridgehead atoms. The molecule has 0 aromatic carbocycles. The average molecular weight is 363 g/mol. The van der Waals surface area contributed by atoms with Gasteiger partial charge in [-0.3, -0.25) is 4.79 Å². The molecule has 2 aromatic rings. The summed E-state index contributed by atoms with van der Waals surface area (Å²) in [6.45, 7) is 2.14. The zero-order chi connectivity index (χ0) is 17.4. The second kappa shape index (κ2) is 6.90. The highest BCUT2D eigenvalue weighted by atomic mass is 35.5. The first-order chi connectivity index (χ1) is 12.2. The summed E-state index contributed by atoms with van der Waals surface area (Å²) in [5.41, 5.74) is 1.41. The van der Waals surface area contributed by atoms with Gasteiger partial charge in [-0.05, 0) is 31.6 Å². The molecule has 2 saturated carbocycles. The number of imidazole rings is 1. The first-order valence-corrected chi connectivity index (χ1v) is 9.57. The van der Waals surface area contributed by atoms with Gasteiger partial charge in [0.2, 0.25) is 0 Å². The van der Waals surface area contributed by atoms with Gasteiger partial charge in [-0.1, -0.05) is 31.4 Å². The molecule has 4 rings (SSSR count). The fourth-order valence-corrected chi connectivity index (χ4v) is 4.70. The maximum Gasteiger partial charge on any atom is 0.306 e. The van der Waals surface area contributed by atoms with Gasteiger partial charge in [-0.25, -0.2) is 15.0 Å². The molecule has 2 fully saturated rings. The number of ether oxygens (including phenoxy) is 1. The van der Waals surface area contributed by atoms with Crippen molar-refractivity contribution in [2.45, 2.75) is 64.0 Å². The molecule has 7 heteroatoms. The van der Waals surface area contributed by atoms with Gasteiger partial charge in [0, 0.05) is 18.4 Å². The highest BCUT2D eigenvalue weighted by molar-refractivity contribution is 6.33. The van der Waals surface area contributed by atoms with Crippen molar-refractivity contribution < 1.29 is 9.53 Å².